The molecule has 0 amide bonds. The van der Waals surface area contributed by atoms with Gasteiger partial charge in [-0.05, 0) is 42.8 Å². The maximum absolute atomic E-state index is 12.1. The van der Waals surface area contributed by atoms with Gasteiger partial charge in [0.25, 0.3) is 0 Å². The van der Waals surface area contributed by atoms with Gasteiger partial charge in [-0.25, -0.2) is 4.79 Å². The number of carbonyl (C=O) groups is 1. The molecule has 0 radical (unpaired) electrons. The van der Waals surface area contributed by atoms with E-state index < -0.39 is 0 Å². The number of ether oxygens (including phenoxy) is 1. The topological polar surface area (TPSA) is 56.5 Å². The van der Waals surface area contributed by atoms with Crippen molar-refractivity contribution in [3.05, 3.63) is 52.9 Å². The average molecular weight is 308 g/mol. The first kappa shape index (κ1) is 14.0. The van der Waals surface area contributed by atoms with E-state index in [-0.39, 0.29) is 17.5 Å². The molecular formula is C19H16O4. The molecule has 1 aromatic heterocycles. The van der Waals surface area contributed by atoms with Crippen molar-refractivity contribution >= 4 is 27.5 Å². The highest BCUT2D eigenvalue weighted by Gasteiger charge is 2.24. The third kappa shape index (κ3) is 2.50. The second-order valence-corrected chi connectivity index (χ2v) is 5.91. The SMILES string of the molecule is O=C1CCCC[C@H]1Oc1ccc2c(c1)oc(=O)c1ccccc12. The Kier molecular flexibility index (Phi) is 3.37. The van der Waals surface area contributed by atoms with Crippen LogP contribution in [0.15, 0.2) is 51.7 Å². The van der Waals surface area contributed by atoms with Gasteiger partial charge < -0.3 is 9.15 Å². The summed E-state index contributed by atoms with van der Waals surface area (Å²) in [4.78, 5) is 24.0. The Balaban J connectivity index is 1.77. The minimum absolute atomic E-state index is 0.149. The summed E-state index contributed by atoms with van der Waals surface area (Å²) in [6.07, 6.45) is 2.89. The van der Waals surface area contributed by atoms with Gasteiger partial charge >= 0.3 is 5.63 Å². The number of Topliss-reactive ketones (excluding diaryl/α,β-unsaturated/α-hetero) is 1. The molecule has 1 fully saturated rings. The van der Waals surface area contributed by atoms with Crippen LogP contribution < -0.4 is 10.4 Å². The first-order chi connectivity index (χ1) is 11.2. The van der Waals surface area contributed by atoms with Gasteiger partial charge in [0.05, 0.1) is 5.39 Å². The molecule has 1 aliphatic carbocycles. The van der Waals surface area contributed by atoms with Crippen LogP contribution in [0, 0.1) is 0 Å². The molecular weight excluding hydrogens is 292 g/mol. The fourth-order valence-corrected chi connectivity index (χ4v) is 3.17. The monoisotopic (exact) mass is 308 g/mol. The zero-order chi connectivity index (χ0) is 15.8. The largest absolute Gasteiger partial charge is 0.483 e. The molecule has 1 saturated carbocycles. The van der Waals surface area contributed by atoms with Crippen LogP contribution in [0.3, 0.4) is 0 Å². The maximum atomic E-state index is 12.1. The van der Waals surface area contributed by atoms with Gasteiger partial charge in [0.1, 0.15) is 11.3 Å². The number of carbonyl (C=O) groups excluding carboxylic acids is 1. The smallest absolute Gasteiger partial charge is 0.344 e. The molecule has 1 heterocycles. The fraction of sp³-hybridized carbons (Fsp3) is 0.263. The van der Waals surface area contributed by atoms with E-state index in [4.69, 9.17) is 9.15 Å². The van der Waals surface area contributed by atoms with Gasteiger partial charge in [-0.2, -0.15) is 0 Å². The van der Waals surface area contributed by atoms with Crippen molar-refractivity contribution < 1.29 is 13.9 Å². The predicted molar refractivity (Wildman–Crippen MR) is 87.9 cm³/mol. The molecule has 116 valence electrons. The summed E-state index contributed by atoms with van der Waals surface area (Å²) in [5.41, 5.74) is 0.119. The molecule has 4 heteroatoms. The summed E-state index contributed by atoms with van der Waals surface area (Å²) in [7, 11) is 0. The van der Waals surface area contributed by atoms with E-state index in [2.05, 4.69) is 0 Å². The Hall–Kier alpha value is -2.62. The van der Waals surface area contributed by atoms with Gasteiger partial charge in [0, 0.05) is 17.9 Å². The Morgan fingerprint density at radius 3 is 2.61 bits per heavy atom. The van der Waals surface area contributed by atoms with Crippen molar-refractivity contribution in [2.75, 3.05) is 0 Å². The van der Waals surface area contributed by atoms with Crippen molar-refractivity contribution in [1.82, 2.24) is 0 Å². The van der Waals surface area contributed by atoms with E-state index in [0.29, 0.717) is 23.1 Å². The summed E-state index contributed by atoms with van der Waals surface area (Å²) < 4.78 is 11.2. The van der Waals surface area contributed by atoms with E-state index in [1.807, 2.05) is 30.3 Å². The van der Waals surface area contributed by atoms with E-state index in [9.17, 15) is 9.59 Å². The lowest BCUT2D eigenvalue weighted by atomic mass is 9.96. The van der Waals surface area contributed by atoms with E-state index in [0.717, 1.165) is 30.0 Å². The van der Waals surface area contributed by atoms with Crippen LogP contribution in [0.2, 0.25) is 0 Å². The standard InChI is InChI=1S/C19H16O4/c20-16-7-3-4-8-17(16)22-12-9-10-14-13-5-1-2-6-15(13)19(21)23-18(14)11-12/h1-2,5-6,9-11,17H,3-4,7-8H2/t17-/m1/s1. The summed E-state index contributed by atoms with van der Waals surface area (Å²) >= 11 is 0. The molecule has 4 nitrogen and oxygen atoms in total. The average Bonchev–Trinajstić information content (AvgIpc) is 2.57. The van der Waals surface area contributed by atoms with Crippen molar-refractivity contribution in [3.63, 3.8) is 0 Å². The quantitative estimate of drug-likeness (QED) is 0.533. The number of ketones is 1. The van der Waals surface area contributed by atoms with Gasteiger partial charge in [0.15, 0.2) is 11.9 Å². The maximum Gasteiger partial charge on any atom is 0.344 e. The van der Waals surface area contributed by atoms with Gasteiger partial charge in [-0.1, -0.05) is 18.2 Å². The molecule has 0 N–H and O–H groups in total. The van der Waals surface area contributed by atoms with Crippen LogP contribution in [0.1, 0.15) is 25.7 Å². The molecule has 3 aromatic rings. The van der Waals surface area contributed by atoms with Crippen molar-refractivity contribution in [2.24, 2.45) is 0 Å². The second-order valence-electron chi connectivity index (χ2n) is 5.91. The van der Waals surface area contributed by atoms with Crippen LogP contribution >= 0.6 is 0 Å². The molecule has 0 spiro atoms. The van der Waals surface area contributed by atoms with Crippen molar-refractivity contribution in [1.29, 1.82) is 0 Å². The molecule has 2 aromatic carbocycles. The number of fused-ring (bicyclic) bond motifs is 3. The Bertz CT molecular complexity index is 954. The highest BCUT2D eigenvalue weighted by Crippen LogP contribution is 2.28. The van der Waals surface area contributed by atoms with Crippen molar-refractivity contribution in [3.8, 4) is 5.75 Å². The molecule has 0 aliphatic heterocycles. The highest BCUT2D eigenvalue weighted by atomic mass is 16.5. The first-order valence-electron chi connectivity index (χ1n) is 7.87. The van der Waals surface area contributed by atoms with E-state index in [1.165, 1.54) is 0 Å². The third-order valence-electron chi connectivity index (χ3n) is 4.37. The summed E-state index contributed by atoms with van der Waals surface area (Å²) in [6.45, 7) is 0. The summed E-state index contributed by atoms with van der Waals surface area (Å²) in [6, 6.07) is 12.8. The van der Waals surface area contributed by atoms with Gasteiger partial charge in [-0.3, -0.25) is 4.79 Å². The Morgan fingerprint density at radius 2 is 1.78 bits per heavy atom. The second kappa shape index (κ2) is 5.54. The molecule has 1 atom stereocenters. The Morgan fingerprint density at radius 1 is 0.957 bits per heavy atom. The summed E-state index contributed by atoms with van der Waals surface area (Å²) in [5, 5.41) is 2.29. The minimum atomic E-state index is -0.381. The summed E-state index contributed by atoms with van der Waals surface area (Å²) in [5.74, 6) is 0.715. The first-order valence-corrected chi connectivity index (χ1v) is 7.87. The minimum Gasteiger partial charge on any atom is -0.483 e. The molecule has 0 saturated heterocycles. The number of rotatable bonds is 2. The van der Waals surface area contributed by atoms with Crippen LogP contribution in [0.5, 0.6) is 5.75 Å². The fourth-order valence-electron chi connectivity index (χ4n) is 3.17. The van der Waals surface area contributed by atoms with Gasteiger partial charge in [-0.15, -0.1) is 0 Å². The molecule has 0 unspecified atom stereocenters. The van der Waals surface area contributed by atoms with Gasteiger partial charge in [0.2, 0.25) is 0 Å². The highest BCUT2D eigenvalue weighted by molar-refractivity contribution is 6.04. The van der Waals surface area contributed by atoms with Crippen LogP contribution in [-0.2, 0) is 4.79 Å². The third-order valence-corrected chi connectivity index (χ3v) is 4.37. The number of benzene rings is 2. The van der Waals surface area contributed by atoms with Crippen LogP contribution in [0.4, 0.5) is 0 Å². The van der Waals surface area contributed by atoms with E-state index in [1.54, 1.807) is 12.1 Å². The van der Waals surface area contributed by atoms with Crippen LogP contribution in [-0.4, -0.2) is 11.9 Å². The molecule has 1 aliphatic rings. The lowest BCUT2D eigenvalue weighted by Crippen LogP contribution is -2.30. The van der Waals surface area contributed by atoms with E-state index >= 15 is 0 Å². The molecule has 0 bridgehead atoms. The molecule has 4 rings (SSSR count). The number of hydrogen-bond donors (Lipinski definition) is 0. The zero-order valence-corrected chi connectivity index (χ0v) is 12.6. The van der Waals surface area contributed by atoms with Crippen LogP contribution in [0.25, 0.3) is 21.7 Å². The van der Waals surface area contributed by atoms with Crippen molar-refractivity contribution in [2.45, 2.75) is 31.8 Å². The predicted octanol–water partition coefficient (Wildman–Crippen LogP) is 3.84. The lowest BCUT2D eigenvalue weighted by molar-refractivity contribution is -0.127. The lowest BCUT2D eigenvalue weighted by Gasteiger charge is -2.21. The zero-order valence-electron chi connectivity index (χ0n) is 12.6. The number of hydrogen-bond acceptors (Lipinski definition) is 4. The Labute approximate surface area is 132 Å². The molecule has 23 heavy (non-hydrogen) atoms. The normalized spacial score (nSPS) is 18.4.